The van der Waals surface area contributed by atoms with Crippen LogP contribution in [0.15, 0.2) is 18.2 Å². The highest BCUT2D eigenvalue weighted by Crippen LogP contribution is 2.19. The van der Waals surface area contributed by atoms with Gasteiger partial charge in [-0.1, -0.05) is 23.8 Å². The summed E-state index contributed by atoms with van der Waals surface area (Å²) in [5.74, 6) is 0. The summed E-state index contributed by atoms with van der Waals surface area (Å²) in [6, 6.07) is 6.87. The van der Waals surface area contributed by atoms with E-state index in [2.05, 4.69) is 44.3 Å². The van der Waals surface area contributed by atoms with Gasteiger partial charge in [0.1, 0.15) is 0 Å². The lowest BCUT2D eigenvalue weighted by Gasteiger charge is -2.23. The number of hydrogen-bond donors (Lipinski definition) is 3. The molecular formula is C14H24N2O. The lowest BCUT2D eigenvalue weighted by atomic mass is 9.98. The minimum absolute atomic E-state index is 0.164. The van der Waals surface area contributed by atoms with Crippen LogP contribution in [0.1, 0.15) is 36.1 Å². The Bertz CT molecular complexity index is 352. The molecule has 0 saturated heterocycles. The molecule has 0 aliphatic carbocycles. The summed E-state index contributed by atoms with van der Waals surface area (Å²) in [7, 11) is 0. The van der Waals surface area contributed by atoms with Crippen LogP contribution in [0.3, 0.4) is 0 Å². The van der Waals surface area contributed by atoms with E-state index in [4.69, 9.17) is 10.8 Å². The van der Waals surface area contributed by atoms with Gasteiger partial charge in [-0.15, -0.1) is 0 Å². The second kappa shape index (κ2) is 6.74. The summed E-state index contributed by atoms with van der Waals surface area (Å²) in [5, 5.41) is 12.4. The number of aliphatic hydroxyl groups excluding tert-OH is 1. The molecule has 0 aliphatic heterocycles. The Balaban J connectivity index is 2.79. The predicted octanol–water partition coefficient (Wildman–Crippen LogP) is 1.66. The lowest BCUT2D eigenvalue weighted by molar-refractivity contribution is 0.263. The summed E-state index contributed by atoms with van der Waals surface area (Å²) in [4.78, 5) is 0. The molecule has 0 bridgehead atoms. The number of aliphatic hydroxyl groups is 1. The van der Waals surface area contributed by atoms with E-state index in [1.807, 2.05) is 0 Å². The van der Waals surface area contributed by atoms with Gasteiger partial charge in [-0.05, 0) is 38.3 Å². The van der Waals surface area contributed by atoms with Crippen LogP contribution in [-0.2, 0) is 0 Å². The standard InChI is InChI=1S/C14H24N2O/c1-10-4-5-13(11(2)8-10)14(9-15)16-12(3)6-7-17/h4-5,8,12,14,16-17H,6-7,9,15H2,1-3H3. The van der Waals surface area contributed by atoms with Crippen LogP contribution in [0, 0.1) is 13.8 Å². The number of nitrogens with two attached hydrogens (primary N) is 1. The highest BCUT2D eigenvalue weighted by molar-refractivity contribution is 5.33. The largest absolute Gasteiger partial charge is 0.396 e. The first-order valence-electron chi connectivity index (χ1n) is 6.22. The Kier molecular flexibility index (Phi) is 5.62. The van der Waals surface area contributed by atoms with Crippen LogP contribution in [0.2, 0.25) is 0 Å². The number of aryl methyl sites for hydroxylation is 2. The maximum Gasteiger partial charge on any atom is 0.0449 e. The number of benzene rings is 1. The van der Waals surface area contributed by atoms with Gasteiger partial charge >= 0.3 is 0 Å². The maximum atomic E-state index is 8.91. The van der Waals surface area contributed by atoms with Crippen molar-refractivity contribution >= 4 is 0 Å². The van der Waals surface area contributed by atoms with E-state index in [9.17, 15) is 0 Å². The molecular weight excluding hydrogens is 212 g/mol. The van der Waals surface area contributed by atoms with Crippen molar-refractivity contribution < 1.29 is 5.11 Å². The zero-order valence-corrected chi connectivity index (χ0v) is 11.0. The molecule has 1 aromatic carbocycles. The molecule has 3 nitrogen and oxygen atoms in total. The van der Waals surface area contributed by atoms with Crippen LogP contribution < -0.4 is 11.1 Å². The van der Waals surface area contributed by atoms with Gasteiger partial charge in [0.2, 0.25) is 0 Å². The molecule has 1 rings (SSSR count). The van der Waals surface area contributed by atoms with Crippen LogP contribution >= 0.6 is 0 Å². The van der Waals surface area contributed by atoms with E-state index in [0.29, 0.717) is 6.54 Å². The zero-order chi connectivity index (χ0) is 12.8. The highest BCUT2D eigenvalue weighted by atomic mass is 16.3. The molecule has 0 aliphatic rings. The Labute approximate surface area is 104 Å². The van der Waals surface area contributed by atoms with Crippen molar-refractivity contribution in [2.75, 3.05) is 13.2 Å². The molecule has 2 unspecified atom stereocenters. The predicted molar refractivity (Wildman–Crippen MR) is 72.0 cm³/mol. The average molecular weight is 236 g/mol. The van der Waals surface area contributed by atoms with Crippen LogP contribution in [0.5, 0.6) is 0 Å². The Morgan fingerprint density at radius 3 is 2.59 bits per heavy atom. The second-order valence-electron chi connectivity index (χ2n) is 4.73. The summed E-state index contributed by atoms with van der Waals surface area (Å²) in [6.07, 6.45) is 0.751. The summed E-state index contributed by atoms with van der Waals surface area (Å²) in [5.41, 5.74) is 9.62. The molecule has 2 atom stereocenters. The first-order valence-corrected chi connectivity index (χ1v) is 6.22. The summed E-state index contributed by atoms with van der Waals surface area (Å²) < 4.78 is 0. The highest BCUT2D eigenvalue weighted by Gasteiger charge is 2.14. The topological polar surface area (TPSA) is 58.3 Å². The second-order valence-corrected chi connectivity index (χ2v) is 4.73. The van der Waals surface area contributed by atoms with E-state index >= 15 is 0 Å². The van der Waals surface area contributed by atoms with Crippen molar-refractivity contribution in [3.05, 3.63) is 34.9 Å². The molecule has 0 saturated carbocycles. The molecule has 17 heavy (non-hydrogen) atoms. The molecule has 1 aromatic rings. The monoisotopic (exact) mass is 236 g/mol. The number of nitrogens with one attached hydrogen (secondary N) is 1. The lowest BCUT2D eigenvalue weighted by Crippen LogP contribution is -2.35. The summed E-state index contributed by atoms with van der Waals surface area (Å²) >= 11 is 0. The van der Waals surface area contributed by atoms with Crippen molar-refractivity contribution in [1.82, 2.24) is 5.32 Å². The third-order valence-corrected chi connectivity index (χ3v) is 3.08. The molecule has 0 fully saturated rings. The molecule has 0 amide bonds. The first-order chi connectivity index (χ1) is 8.08. The number of hydrogen-bond acceptors (Lipinski definition) is 3. The Hall–Kier alpha value is -0.900. The third-order valence-electron chi connectivity index (χ3n) is 3.08. The molecule has 0 aromatic heterocycles. The van der Waals surface area contributed by atoms with Gasteiger partial charge in [0.15, 0.2) is 0 Å². The molecule has 96 valence electrons. The maximum absolute atomic E-state index is 8.91. The van der Waals surface area contributed by atoms with Crippen molar-refractivity contribution in [3.8, 4) is 0 Å². The van der Waals surface area contributed by atoms with E-state index < -0.39 is 0 Å². The number of rotatable bonds is 6. The van der Waals surface area contributed by atoms with Crippen molar-refractivity contribution in [3.63, 3.8) is 0 Å². The minimum atomic E-state index is 0.164. The average Bonchev–Trinajstić information content (AvgIpc) is 2.27. The van der Waals surface area contributed by atoms with Crippen molar-refractivity contribution in [1.29, 1.82) is 0 Å². The molecule has 0 heterocycles. The smallest absolute Gasteiger partial charge is 0.0449 e. The van der Waals surface area contributed by atoms with Gasteiger partial charge < -0.3 is 16.2 Å². The van der Waals surface area contributed by atoms with Crippen LogP contribution in [0.25, 0.3) is 0 Å². The van der Waals surface area contributed by atoms with Crippen molar-refractivity contribution in [2.24, 2.45) is 5.73 Å². The first kappa shape index (κ1) is 14.2. The third kappa shape index (κ3) is 4.11. The van der Waals surface area contributed by atoms with Crippen molar-refractivity contribution in [2.45, 2.75) is 39.3 Å². The molecule has 0 spiro atoms. The van der Waals surface area contributed by atoms with Gasteiger partial charge in [-0.3, -0.25) is 0 Å². The zero-order valence-electron chi connectivity index (χ0n) is 11.0. The SMILES string of the molecule is Cc1ccc(C(CN)NC(C)CCO)c(C)c1. The van der Waals surface area contributed by atoms with Gasteiger partial charge in [-0.25, -0.2) is 0 Å². The van der Waals surface area contributed by atoms with E-state index in [-0.39, 0.29) is 18.7 Å². The minimum Gasteiger partial charge on any atom is -0.396 e. The molecule has 3 heteroatoms. The van der Waals surface area contributed by atoms with Gasteiger partial charge in [0.05, 0.1) is 0 Å². The normalized spacial score (nSPS) is 14.6. The summed E-state index contributed by atoms with van der Waals surface area (Å²) in [6.45, 7) is 7.06. The van der Waals surface area contributed by atoms with E-state index in [0.717, 1.165) is 6.42 Å². The fourth-order valence-corrected chi connectivity index (χ4v) is 2.12. The van der Waals surface area contributed by atoms with Gasteiger partial charge in [0.25, 0.3) is 0 Å². The molecule has 4 N–H and O–H groups in total. The quantitative estimate of drug-likeness (QED) is 0.704. The fraction of sp³-hybridized carbons (Fsp3) is 0.571. The Morgan fingerprint density at radius 2 is 2.06 bits per heavy atom. The van der Waals surface area contributed by atoms with E-state index in [1.165, 1.54) is 16.7 Å². The van der Waals surface area contributed by atoms with Gasteiger partial charge in [-0.2, -0.15) is 0 Å². The molecule has 0 radical (unpaired) electrons. The van der Waals surface area contributed by atoms with Gasteiger partial charge in [0, 0.05) is 25.2 Å². The van der Waals surface area contributed by atoms with E-state index in [1.54, 1.807) is 0 Å². The van der Waals surface area contributed by atoms with Crippen LogP contribution in [0.4, 0.5) is 0 Å². The van der Waals surface area contributed by atoms with Crippen LogP contribution in [-0.4, -0.2) is 24.3 Å². The fourth-order valence-electron chi connectivity index (χ4n) is 2.12. The Morgan fingerprint density at radius 1 is 1.35 bits per heavy atom.